The number of aromatic nitrogens is 2. The maximum Gasteiger partial charge on any atom is 0.161 e. The van der Waals surface area contributed by atoms with Crippen LogP contribution >= 0.6 is 15.9 Å². The molecule has 0 aliphatic carbocycles. The number of anilines is 1. The van der Waals surface area contributed by atoms with E-state index in [4.69, 9.17) is 5.73 Å². The monoisotopic (exact) mass is 319 g/mol. The van der Waals surface area contributed by atoms with Gasteiger partial charge in [0.05, 0.1) is 10.2 Å². The van der Waals surface area contributed by atoms with E-state index in [-0.39, 0.29) is 0 Å². The van der Waals surface area contributed by atoms with Gasteiger partial charge in [-0.2, -0.15) is 0 Å². The third kappa shape index (κ3) is 2.95. The molecular weight excluding hydrogens is 302 g/mol. The summed E-state index contributed by atoms with van der Waals surface area (Å²) < 4.78 is 0.802. The largest absolute Gasteiger partial charge is 0.383 e. The molecule has 0 saturated carbocycles. The molecule has 0 aliphatic rings. The summed E-state index contributed by atoms with van der Waals surface area (Å²) in [6, 6.07) is 8.30. The Labute approximate surface area is 122 Å². The van der Waals surface area contributed by atoms with Crippen molar-refractivity contribution in [1.29, 1.82) is 0 Å². The number of nitrogen functional groups attached to an aromatic ring is 1. The van der Waals surface area contributed by atoms with Crippen LogP contribution in [0, 0.1) is 0 Å². The van der Waals surface area contributed by atoms with Gasteiger partial charge in [-0.3, -0.25) is 0 Å². The summed E-state index contributed by atoms with van der Waals surface area (Å²) in [5, 5.41) is 0. The highest BCUT2D eigenvalue weighted by molar-refractivity contribution is 9.10. The minimum absolute atomic E-state index is 0.299. The molecule has 0 spiro atoms. The molecular formula is C15H18BrN3. The molecule has 0 aliphatic heterocycles. The zero-order valence-corrected chi connectivity index (χ0v) is 13.0. The molecule has 1 heterocycles. The van der Waals surface area contributed by atoms with Crippen molar-refractivity contribution in [3.8, 4) is 11.4 Å². The van der Waals surface area contributed by atoms with Crippen LogP contribution in [-0.4, -0.2) is 9.97 Å². The Morgan fingerprint density at radius 2 is 1.79 bits per heavy atom. The van der Waals surface area contributed by atoms with Gasteiger partial charge in [0, 0.05) is 5.56 Å². The van der Waals surface area contributed by atoms with Crippen LogP contribution in [0.1, 0.15) is 37.9 Å². The van der Waals surface area contributed by atoms with Gasteiger partial charge in [0.2, 0.25) is 0 Å². The van der Waals surface area contributed by atoms with Crippen LogP contribution in [-0.2, 0) is 6.42 Å². The molecule has 100 valence electrons. The number of rotatable bonds is 3. The Balaban J connectivity index is 2.49. The molecule has 3 nitrogen and oxygen atoms in total. The summed E-state index contributed by atoms with van der Waals surface area (Å²) in [6.45, 7) is 6.33. The zero-order valence-electron chi connectivity index (χ0n) is 11.4. The van der Waals surface area contributed by atoms with Crippen molar-refractivity contribution in [3.63, 3.8) is 0 Å². The summed E-state index contributed by atoms with van der Waals surface area (Å²) in [5.41, 5.74) is 9.20. The average molecular weight is 320 g/mol. The standard InChI is InChI=1S/C15H18BrN3/c1-4-10-5-7-11(8-6-10)15-18-13(9(2)3)12(16)14(17)19-15/h5-9H,4H2,1-3H3,(H2,17,18,19). The first-order valence-electron chi connectivity index (χ1n) is 6.45. The SMILES string of the molecule is CCc1ccc(-c2nc(N)c(Br)c(C(C)C)n2)cc1. The summed E-state index contributed by atoms with van der Waals surface area (Å²) in [6.07, 6.45) is 1.03. The predicted molar refractivity (Wildman–Crippen MR) is 83.0 cm³/mol. The van der Waals surface area contributed by atoms with Crippen molar-refractivity contribution in [1.82, 2.24) is 9.97 Å². The fraction of sp³-hybridized carbons (Fsp3) is 0.333. The van der Waals surface area contributed by atoms with E-state index in [0.29, 0.717) is 17.6 Å². The molecule has 0 atom stereocenters. The highest BCUT2D eigenvalue weighted by Gasteiger charge is 2.14. The van der Waals surface area contributed by atoms with E-state index in [9.17, 15) is 0 Å². The van der Waals surface area contributed by atoms with Crippen molar-refractivity contribution in [3.05, 3.63) is 40.0 Å². The Morgan fingerprint density at radius 3 is 2.32 bits per heavy atom. The third-order valence-electron chi connectivity index (χ3n) is 3.07. The maximum absolute atomic E-state index is 5.95. The Kier molecular flexibility index (Phi) is 4.20. The van der Waals surface area contributed by atoms with E-state index in [1.54, 1.807) is 0 Å². The third-order valence-corrected chi connectivity index (χ3v) is 3.88. The summed E-state index contributed by atoms with van der Waals surface area (Å²) >= 11 is 3.46. The number of halogens is 1. The van der Waals surface area contributed by atoms with Gasteiger partial charge in [0.1, 0.15) is 5.82 Å². The van der Waals surface area contributed by atoms with Crippen LogP contribution in [0.25, 0.3) is 11.4 Å². The van der Waals surface area contributed by atoms with Crippen LogP contribution in [0.5, 0.6) is 0 Å². The van der Waals surface area contributed by atoms with Gasteiger partial charge in [0.25, 0.3) is 0 Å². The van der Waals surface area contributed by atoms with Gasteiger partial charge < -0.3 is 5.73 Å². The first-order valence-corrected chi connectivity index (χ1v) is 7.24. The second kappa shape index (κ2) is 5.70. The van der Waals surface area contributed by atoms with Crippen LogP contribution < -0.4 is 5.73 Å². The van der Waals surface area contributed by atoms with Gasteiger partial charge in [-0.15, -0.1) is 0 Å². The molecule has 0 amide bonds. The summed E-state index contributed by atoms with van der Waals surface area (Å²) in [7, 11) is 0. The molecule has 1 aromatic carbocycles. The smallest absolute Gasteiger partial charge is 0.161 e. The lowest BCUT2D eigenvalue weighted by Crippen LogP contribution is -2.04. The fourth-order valence-corrected chi connectivity index (χ4v) is 2.52. The van der Waals surface area contributed by atoms with Gasteiger partial charge in [0.15, 0.2) is 5.82 Å². The number of hydrogen-bond acceptors (Lipinski definition) is 3. The summed E-state index contributed by atoms with van der Waals surface area (Å²) in [4.78, 5) is 8.98. The van der Waals surface area contributed by atoms with E-state index < -0.39 is 0 Å². The second-order valence-corrected chi connectivity index (χ2v) is 5.63. The quantitative estimate of drug-likeness (QED) is 0.923. The van der Waals surface area contributed by atoms with Crippen molar-refractivity contribution >= 4 is 21.7 Å². The van der Waals surface area contributed by atoms with Gasteiger partial charge >= 0.3 is 0 Å². The lowest BCUT2D eigenvalue weighted by atomic mass is 10.1. The lowest BCUT2D eigenvalue weighted by molar-refractivity contribution is 0.811. The average Bonchev–Trinajstić information content (AvgIpc) is 2.41. The molecule has 2 rings (SSSR count). The number of benzene rings is 1. The van der Waals surface area contributed by atoms with Crippen molar-refractivity contribution in [2.45, 2.75) is 33.1 Å². The number of nitrogens with two attached hydrogens (primary N) is 1. The number of nitrogens with zero attached hydrogens (tertiary/aromatic N) is 2. The van der Waals surface area contributed by atoms with Crippen molar-refractivity contribution < 1.29 is 0 Å². The van der Waals surface area contributed by atoms with Gasteiger partial charge in [-0.25, -0.2) is 9.97 Å². The molecule has 0 bridgehead atoms. The van der Waals surface area contributed by atoms with Gasteiger partial charge in [-0.1, -0.05) is 45.0 Å². The van der Waals surface area contributed by atoms with E-state index in [0.717, 1.165) is 22.2 Å². The fourth-order valence-electron chi connectivity index (χ4n) is 1.88. The molecule has 19 heavy (non-hydrogen) atoms. The predicted octanol–water partition coefficient (Wildman–Crippen LogP) is 4.17. The lowest BCUT2D eigenvalue weighted by Gasteiger charge is -2.11. The summed E-state index contributed by atoms with van der Waals surface area (Å²) in [5.74, 6) is 1.48. The van der Waals surface area contributed by atoms with Gasteiger partial charge in [-0.05, 0) is 33.8 Å². The zero-order chi connectivity index (χ0) is 14.0. The topological polar surface area (TPSA) is 51.8 Å². The normalized spacial score (nSPS) is 11.0. The van der Waals surface area contributed by atoms with E-state index in [1.807, 2.05) is 12.1 Å². The Bertz CT molecular complexity index is 577. The number of aryl methyl sites for hydroxylation is 1. The van der Waals surface area contributed by atoms with Crippen molar-refractivity contribution in [2.24, 2.45) is 0 Å². The highest BCUT2D eigenvalue weighted by Crippen LogP contribution is 2.29. The second-order valence-electron chi connectivity index (χ2n) is 4.84. The molecule has 0 unspecified atom stereocenters. The minimum atomic E-state index is 0.299. The minimum Gasteiger partial charge on any atom is -0.383 e. The molecule has 4 heteroatoms. The van der Waals surface area contributed by atoms with E-state index >= 15 is 0 Å². The van der Waals surface area contributed by atoms with Crippen LogP contribution in [0.2, 0.25) is 0 Å². The Hall–Kier alpha value is -1.42. The first kappa shape index (κ1) is 14.0. The Morgan fingerprint density at radius 1 is 1.16 bits per heavy atom. The van der Waals surface area contributed by atoms with Crippen LogP contribution in [0.3, 0.4) is 0 Å². The highest BCUT2D eigenvalue weighted by atomic mass is 79.9. The van der Waals surface area contributed by atoms with Crippen LogP contribution in [0.15, 0.2) is 28.7 Å². The van der Waals surface area contributed by atoms with E-state index in [2.05, 4.69) is 58.8 Å². The maximum atomic E-state index is 5.95. The molecule has 2 aromatic rings. The van der Waals surface area contributed by atoms with Crippen molar-refractivity contribution in [2.75, 3.05) is 5.73 Å². The molecule has 0 fully saturated rings. The number of hydrogen-bond donors (Lipinski definition) is 1. The molecule has 0 radical (unpaired) electrons. The van der Waals surface area contributed by atoms with Crippen LogP contribution in [0.4, 0.5) is 5.82 Å². The molecule has 1 aromatic heterocycles. The first-order chi connectivity index (χ1) is 9.02. The van der Waals surface area contributed by atoms with E-state index in [1.165, 1.54) is 5.56 Å². The molecule has 2 N–H and O–H groups in total. The molecule has 0 saturated heterocycles.